The van der Waals surface area contributed by atoms with Crippen LogP contribution in [0.2, 0.25) is 0 Å². The molecule has 0 saturated heterocycles. The number of hydrogen-bond acceptors (Lipinski definition) is 4. The smallest absolute Gasteiger partial charge is 0.326 e. The Labute approximate surface area is 101 Å². The second-order valence-corrected chi connectivity index (χ2v) is 3.80. The molecule has 0 aromatic rings. The molecule has 17 heavy (non-hydrogen) atoms. The molecular formula is C11H21F2NO3. The van der Waals surface area contributed by atoms with Gasteiger partial charge in [-0.05, 0) is 26.8 Å². The minimum absolute atomic E-state index is 0.0899. The van der Waals surface area contributed by atoms with E-state index in [9.17, 15) is 13.6 Å². The van der Waals surface area contributed by atoms with E-state index in [4.69, 9.17) is 9.47 Å². The third-order valence-corrected chi connectivity index (χ3v) is 2.28. The minimum atomic E-state index is -2.48. The van der Waals surface area contributed by atoms with E-state index in [0.29, 0.717) is 13.0 Å². The predicted molar refractivity (Wildman–Crippen MR) is 60.2 cm³/mol. The number of nitrogens with one attached hydrogen (secondary N) is 1. The van der Waals surface area contributed by atoms with Crippen LogP contribution in [0.4, 0.5) is 8.78 Å². The van der Waals surface area contributed by atoms with Crippen molar-refractivity contribution in [2.45, 2.75) is 39.2 Å². The van der Waals surface area contributed by atoms with Gasteiger partial charge >= 0.3 is 5.97 Å². The normalized spacial score (nSPS) is 14.7. The van der Waals surface area contributed by atoms with Gasteiger partial charge in [-0.2, -0.15) is 0 Å². The molecule has 0 fully saturated rings. The highest BCUT2D eigenvalue weighted by molar-refractivity contribution is 5.80. The summed E-state index contributed by atoms with van der Waals surface area (Å²) < 4.78 is 33.4. The summed E-state index contributed by atoms with van der Waals surface area (Å²) in [5.74, 6) is -0.387. The number of alkyl halides is 2. The Balaban J connectivity index is 4.16. The molecular weight excluding hydrogens is 232 g/mol. The van der Waals surface area contributed by atoms with E-state index in [1.54, 1.807) is 13.8 Å². The number of carbonyl (C=O) groups is 1. The molecule has 102 valence electrons. The number of esters is 1. The van der Waals surface area contributed by atoms with Crippen LogP contribution in [-0.4, -0.2) is 44.3 Å². The number of likely N-dealkylation sites (N-methyl/N-ethyl adjacent to an activating group) is 1. The highest BCUT2D eigenvalue weighted by Crippen LogP contribution is 2.12. The van der Waals surface area contributed by atoms with Gasteiger partial charge in [-0.25, -0.2) is 8.78 Å². The van der Waals surface area contributed by atoms with Gasteiger partial charge < -0.3 is 14.8 Å². The first-order valence-electron chi connectivity index (χ1n) is 5.74. The predicted octanol–water partition coefficient (Wildman–Crippen LogP) is 1.59. The first-order valence-corrected chi connectivity index (χ1v) is 5.74. The lowest BCUT2D eigenvalue weighted by Crippen LogP contribution is -2.51. The number of hydrogen-bond donors (Lipinski definition) is 1. The first-order chi connectivity index (χ1) is 7.96. The van der Waals surface area contributed by atoms with Crippen LogP contribution in [0.1, 0.15) is 27.2 Å². The minimum Gasteiger partial charge on any atom is -0.465 e. The van der Waals surface area contributed by atoms with Crippen molar-refractivity contribution in [2.24, 2.45) is 0 Å². The summed E-state index contributed by atoms with van der Waals surface area (Å²) in [4.78, 5) is 11.7. The summed E-state index contributed by atoms with van der Waals surface area (Å²) in [7, 11) is 0. The van der Waals surface area contributed by atoms with Crippen molar-refractivity contribution in [3.05, 3.63) is 0 Å². The fourth-order valence-corrected chi connectivity index (χ4v) is 1.39. The third kappa shape index (κ3) is 6.53. The molecule has 0 radical (unpaired) electrons. The Kier molecular flexibility index (Phi) is 7.99. The lowest BCUT2D eigenvalue weighted by atomic mass is 9.98. The Morgan fingerprint density at radius 1 is 1.41 bits per heavy atom. The van der Waals surface area contributed by atoms with E-state index in [1.807, 2.05) is 6.92 Å². The van der Waals surface area contributed by atoms with Crippen molar-refractivity contribution >= 4 is 5.97 Å². The molecule has 0 rings (SSSR count). The highest BCUT2D eigenvalue weighted by atomic mass is 19.3. The van der Waals surface area contributed by atoms with Crippen LogP contribution in [0.25, 0.3) is 0 Å². The molecule has 0 saturated carbocycles. The van der Waals surface area contributed by atoms with E-state index < -0.39 is 18.6 Å². The molecule has 0 heterocycles. The molecule has 1 N–H and O–H groups in total. The fourth-order valence-electron chi connectivity index (χ4n) is 1.39. The number of carbonyl (C=O) groups excluding carboxylic acids is 1. The Bertz CT molecular complexity index is 227. The van der Waals surface area contributed by atoms with Crippen molar-refractivity contribution in [1.29, 1.82) is 0 Å². The average Bonchev–Trinajstić information content (AvgIpc) is 2.25. The largest absolute Gasteiger partial charge is 0.465 e. The number of halogens is 2. The number of ether oxygens (including phenoxy) is 2. The van der Waals surface area contributed by atoms with E-state index in [-0.39, 0.29) is 19.2 Å². The summed E-state index contributed by atoms with van der Waals surface area (Å²) in [5.41, 5.74) is -0.882. The van der Waals surface area contributed by atoms with Crippen LogP contribution in [0.5, 0.6) is 0 Å². The van der Waals surface area contributed by atoms with Crippen LogP contribution < -0.4 is 5.32 Å². The van der Waals surface area contributed by atoms with E-state index in [2.05, 4.69) is 5.32 Å². The van der Waals surface area contributed by atoms with Gasteiger partial charge in [-0.1, -0.05) is 6.92 Å². The van der Waals surface area contributed by atoms with Gasteiger partial charge in [0, 0.05) is 6.61 Å². The summed E-state index contributed by atoms with van der Waals surface area (Å²) >= 11 is 0. The lowest BCUT2D eigenvalue weighted by molar-refractivity contribution is -0.151. The van der Waals surface area contributed by atoms with E-state index in [1.165, 1.54) is 0 Å². The van der Waals surface area contributed by atoms with E-state index >= 15 is 0 Å². The van der Waals surface area contributed by atoms with Gasteiger partial charge in [-0.15, -0.1) is 0 Å². The van der Waals surface area contributed by atoms with Crippen LogP contribution in [0, 0.1) is 0 Å². The molecule has 4 nitrogen and oxygen atoms in total. The quantitative estimate of drug-likeness (QED) is 0.501. The molecule has 1 unspecified atom stereocenters. The molecule has 0 aliphatic carbocycles. The molecule has 0 bridgehead atoms. The van der Waals surface area contributed by atoms with Crippen LogP contribution >= 0.6 is 0 Å². The van der Waals surface area contributed by atoms with E-state index in [0.717, 1.165) is 0 Å². The summed E-state index contributed by atoms with van der Waals surface area (Å²) in [5, 5.41) is 2.99. The van der Waals surface area contributed by atoms with Gasteiger partial charge in [-0.3, -0.25) is 4.79 Å². The second kappa shape index (κ2) is 8.36. The summed E-state index contributed by atoms with van der Waals surface area (Å²) in [6.07, 6.45) is -2.19. The van der Waals surface area contributed by atoms with Crippen LogP contribution in [0.15, 0.2) is 0 Å². The fraction of sp³-hybridized carbons (Fsp3) is 0.909. The Morgan fingerprint density at radius 2 is 2.06 bits per heavy atom. The first kappa shape index (κ1) is 16.2. The van der Waals surface area contributed by atoms with Crippen molar-refractivity contribution in [3.63, 3.8) is 0 Å². The van der Waals surface area contributed by atoms with Gasteiger partial charge in [0.05, 0.1) is 6.61 Å². The second-order valence-electron chi connectivity index (χ2n) is 3.80. The maximum absolute atomic E-state index is 11.8. The zero-order valence-electron chi connectivity index (χ0n) is 10.6. The van der Waals surface area contributed by atoms with Gasteiger partial charge in [0.15, 0.2) is 0 Å². The van der Waals surface area contributed by atoms with Gasteiger partial charge in [0.2, 0.25) is 0 Å². The zero-order chi connectivity index (χ0) is 13.3. The summed E-state index contributed by atoms with van der Waals surface area (Å²) in [6, 6.07) is 0. The Morgan fingerprint density at radius 3 is 2.53 bits per heavy atom. The highest BCUT2D eigenvalue weighted by Gasteiger charge is 2.33. The average molecular weight is 253 g/mol. The standard InChI is InChI=1S/C11H21F2NO3/c1-4-14-11(3,10(15)17-5-2)6-7-16-8-9(12)13/h9,14H,4-8H2,1-3H3. The zero-order valence-corrected chi connectivity index (χ0v) is 10.6. The SMILES string of the molecule is CCNC(C)(CCOCC(F)F)C(=O)OCC. The third-order valence-electron chi connectivity index (χ3n) is 2.28. The molecule has 0 aromatic heterocycles. The summed E-state index contributed by atoms with van der Waals surface area (Å²) in [6.45, 7) is 5.62. The monoisotopic (exact) mass is 253 g/mol. The number of rotatable bonds is 9. The van der Waals surface area contributed by atoms with Gasteiger partial charge in [0.25, 0.3) is 6.43 Å². The molecule has 0 aromatic carbocycles. The van der Waals surface area contributed by atoms with Crippen LogP contribution in [0.3, 0.4) is 0 Å². The van der Waals surface area contributed by atoms with Gasteiger partial charge in [0.1, 0.15) is 12.1 Å². The van der Waals surface area contributed by atoms with Crippen LogP contribution in [-0.2, 0) is 14.3 Å². The molecule has 6 heteroatoms. The van der Waals surface area contributed by atoms with Crippen molar-refractivity contribution in [2.75, 3.05) is 26.4 Å². The molecule has 0 aliphatic heterocycles. The molecule has 0 spiro atoms. The lowest BCUT2D eigenvalue weighted by Gasteiger charge is -2.27. The molecule has 1 atom stereocenters. The molecule has 0 aliphatic rings. The maximum Gasteiger partial charge on any atom is 0.326 e. The van der Waals surface area contributed by atoms with Crippen molar-refractivity contribution in [1.82, 2.24) is 5.32 Å². The Hall–Kier alpha value is -0.750. The van der Waals surface area contributed by atoms with Crippen molar-refractivity contribution < 1.29 is 23.0 Å². The molecule has 0 amide bonds. The topological polar surface area (TPSA) is 47.6 Å². The maximum atomic E-state index is 11.8. The van der Waals surface area contributed by atoms with Crippen molar-refractivity contribution in [3.8, 4) is 0 Å².